The molecule has 0 radical (unpaired) electrons. The van der Waals surface area contributed by atoms with Crippen LogP contribution >= 0.6 is 0 Å². The van der Waals surface area contributed by atoms with Gasteiger partial charge in [0.1, 0.15) is 18.0 Å². The Kier molecular flexibility index (Phi) is 3.47. The van der Waals surface area contributed by atoms with Gasteiger partial charge in [-0.15, -0.1) is 0 Å². The van der Waals surface area contributed by atoms with Gasteiger partial charge in [-0.2, -0.15) is 0 Å². The smallest absolute Gasteiger partial charge is 0.328 e. The van der Waals surface area contributed by atoms with Gasteiger partial charge < -0.3 is 10.5 Å². The van der Waals surface area contributed by atoms with E-state index in [9.17, 15) is 9.59 Å². The summed E-state index contributed by atoms with van der Waals surface area (Å²) in [5.41, 5.74) is 4.37. The standard InChI is InChI=1S/C12H13N3O3/c13-10-8-15(12(17)14-11(10)16)6-7-18-9-4-2-1-3-5-9/h1-5,8H,6-7,13H2,(H,14,16,17). The molecule has 0 bridgehead atoms. The van der Waals surface area contributed by atoms with Crippen molar-refractivity contribution in [3.63, 3.8) is 0 Å². The molecule has 1 aromatic heterocycles. The van der Waals surface area contributed by atoms with Gasteiger partial charge in [-0.25, -0.2) is 4.79 Å². The zero-order valence-electron chi connectivity index (χ0n) is 9.63. The number of aromatic nitrogens is 2. The number of H-pyrrole nitrogens is 1. The van der Waals surface area contributed by atoms with E-state index < -0.39 is 11.2 Å². The molecule has 0 unspecified atom stereocenters. The Morgan fingerprint density at radius 1 is 1.22 bits per heavy atom. The molecule has 0 aliphatic heterocycles. The number of hydrogen-bond acceptors (Lipinski definition) is 4. The lowest BCUT2D eigenvalue weighted by Gasteiger charge is -2.08. The normalized spacial score (nSPS) is 10.2. The number of anilines is 1. The van der Waals surface area contributed by atoms with Gasteiger partial charge in [0, 0.05) is 6.20 Å². The molecule has 6 heteroatoms. The van der Waals surface area contributed by atoms with Crippen LogP contribution in [0.1, 0.15) is 0 Å². The molecule has 0 saturated heterocycles. The lowest BCUT2D eigenvalue weighted by atomic mass is 10.3. The summed E-state index contributed by atoms with van der Waals surface area (Å²) in [6.45, 7) is 0.629. The van der Waals surface area contributed by atoms with Crippen molar-refractivity contribution in [2.75, 3.05) is 12.3 Å². The van der Waals surface area contributed by atoms with Crippen LogP contribution in [0.5, 0.6) is 5.75 Å². The maximum Gasteiger partial charge on any atom is 0.328 e. The first-order valence-electron chi connectivity index (χ1n) is 5.44. The summed E-state index contributed by atoms with van der Waals surface area (Å²) in [5, 5.41) is 0. The Morgan fingerprint density at radius 2 is 1.94 bits per heavy atom. The first kappa shape index (κ1) is 12.0. The van der Waals surface area contributed by atoms with Gasteiger partial charge >= 0.3 is 5.69 Å². The maximum absolute atomic E-state index is 11.4. The van der Waals surface area contributed by atoms with E-state index in [1.165, 1.54) is 10.8 Å². The van der Waals surface area contributed by atoms with E-state index in [1.54, 1.807) is 0 Å². The summed E-state index contributed by atoms with van der Waals surface area (Å²) in [6, 6.07) is 9.26. The van der Waals surface area contributed by atoms with Crippen molar-refractivity contribution in [1.82, 2.24) is 9.55 Å². The van der Waals surface area contributed by atoms with Crippen LogP contribution in [0.25, 0.3) is 0 Å². The SMILES string of the molecule is Nc1cn(CCOc2ccccc2)c(=O)[nH]c1=O. The third-order valence-corrected chi connectivity index (χ3v) is 2.38. The number of nitrogens with two attached hydrogens (primary N) is 1. The fraction of sp³-hybridized carbons (Fsp3) is 0.167. The van der Waals surface area contributed by atoms with Crippen LogP contribution in [0, 0.1) is 0 Å². The Morgan fingerprint density at radius 3 is 2.67 bits per heavy atom. The van der Waals surface area contributed by atoms with E-state index in [-0.39, 0.29) is 5.69 Å². The predicted octanol–water partition coefficient (Wildman–Crippen LogP) is 0.198. The summed E-state index contributed by atoms with van der Waals surface area (Å²) < 4.78 is 6.75. The third-order valence-electron chi connectivity index (χ3n) is 2.38. The average molecular weight is 247 g/mol. The summed E-state index contributed by atoms with van der Waals surface area (Å²) in [5.74, 6) is 0.725. The highest BCUT2D eigenvalue weighted by atomic mass is 16.5. The summed E-state index contributed by atoms with van der Waals surface area (Å²) in [6.07, 6.45) is 1.32. The van der Waals surface area contributed by atoms with Gasteiger partial charge in [-0.05, 0) is 12.1 Å². The largest absolute Gasteiger partial charge is 0.492 e. The van der Waals surface area contributed by atoms with E-state index >= 15 is 0 Å². The average Bonchev–Trinajstić information content (AvgIpc) is 2.37. The van der Waals surface area contributed by atoms with Crippen LogP contribution < -0.4 is 21.7 Å². The second-order valence-corrected chi connectivity index (χ2v) is 3.70. The number of aromatic amines is 1. The van der Waals surface area contributed by atoms with Gasteiger partial charge in [0.25, 0.3) is 5.56 Å². The monoisotopic (exact) mass is 247 g/mol. The first-order chi connectivity index (χ1) is 8.66. The molecule has 1 heterocycles. The highest BCUT2D eigenvalue weighted by Crippen LogP contribution is 2.07. The van der Waals surface area contributed by atoms with Crippen molar-refractivity contribution in [2.24, 2.45) is 0 Å². The summed E-state index contributed by atoms with van der Waals surface area (Å²) >= 11 is 0. The Labute approximate surface area is 103 Å². The van der Waals surface area contributed by atoms with Gasteiger partial charge in [0.15, 0.2) is 0 Å². The fourth-order valence-electron chi connectivity index (χ4n) is 1.47. The quantitative estimate of drug-likeness (QED) is 0.807. The molecular weight excluding hydrogens is 234 g/mol. The molecule has 0 spiro atoms. The highest BCUT2D eigenvalue weighted by molar-refractivity contribution is 5.30. The van der Waals surface area contributed by atoms with Crippen molar-refractivity contribution in [3.8, 4) is 5.75 Å². The summed E-state index contributed by atoms with van der Waals surface area (Å²) in [4.78, 5) is 24.6. The van der Waals surface area contributed by atoms with E-state index in [0.29, 0.717) is 13.2 Å². The molecular formula is C12H13N3O3. The molecule has 0 aliphatic rings. The van der Waals surface area contributed by atoms with Crippen molar-refractivity contribution in [2.45, 2.75) is 6.54 Å². The lowest BCUT2D eigenvalue weighted by Crippen LogP contribution is -2.32. The van der Waals surface area contributed by atoms with Crippen molar-refractivity contribution in [3.05, 3.63) is 57.4 Å². The molecule has 0 aliphatic carbocycles. The first-order valence-corrected chi connectivity index (χ1v) is 5.44. The number of nitrogen functional groups attached to an aromatic ring is 1. The van der Waals surface area contributed by atoms with Gasteiger partial charge in [-0.1, -0.05) is 18.2 Å². The minimum atomic E-state index is -0.569. The molecule has 3 N–H and O–H groups in total. The van der Waals surface area contributed by atoms with Crippen molar-refractivity contribution in [1.29, 1.82) is 0 Å². The zero-order chi connectivity index (χ0) is 13.0. The van der Waals surface area contributed by atoms with Gasteiger partial charge in [-0.3, -0.25) is 14.3 Å². The second kappa shape index (κ2) is 5.22. The Balaban J connectivity index is 2.01. The molecule has 0 atom stereocenters. The Bertz CT molecular complexity index is 631. The van der Waals surface area contributed by atoms with Crippen molar-refractivity contribution >= 4 is 5.69 Å². The minimum Gasteiger partial charge on any atom is -0.492 e. The molecule has 0 saturated carbocycles. The van der Waals surface area contributed by atoms with Crippen LogP contribution in [0.15, 0.2) is 46.1 Å². The minimum absolute atomic E-state index is 0.00862. The number of nitrogens with zero attached hydrogens (tertiary/aromatic N) is 1. The van der Waals surface area contributed by atoms with Crippen LogP contribution in [0.4, 0.5) is 5.69 Å². The van der Waals surface area contributed by atoms with E-state index in [4.69, 9.17) is 10.5 Å². The van der Waals surface area contributed by atoms with Crippen LogP contribution in [-0.4, -0.2) is 16.2 Å². The fourth-order valence-corrected chi connectivity index (χ4v) is 1.47. The number of ether oxygens (including phenoxy) is 1. The third kappa shape index (κ3) is 2.79. The molecule has 0 amide bonds. The van der Waals surface area contributed by atoms with Crippen LogP contribution in [0.2, 0.25) is 0 Å². The molecule has 6 nitrogen and oxygen atoms in total. The molecule has 2 rings (SSSR count). The zero-order valence-corrected chi connectivity index (χ0v) is 9.63. The topological polar surface area (TPSA) is 90.1 Å². The van der Waals surface area contributed by atoms with Gasteiger partial charge in [0.2, 0.25) is 0 Å². The number of para-hydroxylation sites is 1. The predicted molar refractivity (Wildman–Crippen MR) is 67.7 cm³/mol. The maximum atomic E-state index is 11.4. The number of hydrogen-bond donors (Lipinski definition) is 2. The number of rotatable bonds is 4. The van der Waals surface area contributed by atoms with Crippen LogP contribution in [0.3, 0.4) is 0 Å². The van der Waals surface area contributed by atoms with E-state index in [2.05, 4.69) is 4.98 Å². The second-order valence-electron chi connectivity index (χ2n) is 3.70. The van der Waals surface area contributed by atoms with E-state index in [0.717, 1.165) is 5.75 Å². The lowest BCUT2D eigenvalue weighted by molar-refractivity contribution is 0.295. The molecule has 0 fully saturated rings. The molecule has 94 valence electrons. The molecule has 18 heavy (non-hydrogen) atoms. The summed E-state index contributed by atoms with van der Waals surface area (Å²) in [7, 11) is 0. The van der Waals surface area contributed by atoms with Crippen molar-refractivity contribution < 1.29 is 4.74 Å². The van der Waals surface area contributed by atoms with Crippen LogP contribution in [-0.2, 0) is 6.54 Å². The van der Waals surface area contributed by atoms with E-state index in [1.807, 2.05) is 30.3 Å². The highest BCUT2D eigenvalue weighted by Gasteiger charge is 2.01. The molecule has 1 aromatic carbocycles. The molecule has 2 aromatic rings. The van der Waals surface area contributed by atoms with Gasteiger partial charge in [0.05, 0.1) is 6.54 Å². The Hall–Kier alpha value is -2.50. The number of benzene rings is 1. The number of nitrogens with one attached hydrogen (secondary N) is 1.